The van der Waals surface area contributed by atoms with Crippen molar-refractivity contribution in [3.8, 4) is 0 Å². The van der Waals surface area contributed by atoms with Crippen LogP contribution in [0.25, 0.3) is 0 Å². The van der Waals surface area contributed by atoms with Gasteiger partial charge in [0.15, 0.2) is 0 Å². The maximum absolute atomic E-state index is 2.25. The van der Waals surface area contributed by atoms with E-state index in [-0.39, 0.29) is 18.9 Å². The molecular formula is C5H12LiNa. The van der Waals surface area contributed by atoms with E-state index < -0.39 is 0 Å². The summed E-state index contributed by atoms with van der Waals surface area (Å²) in [5.41, 5.74) is 0. The van der Waals surface area contributed by atoms with Crippen LogP contribution in [-0.4, -0.2) is 46.8 Å². The minimum atomic E-state index is 0. The molecule has 0 amide bonds. The first-order valence-electron chi connectivity index (χ1n) is 2.91. The minimum absolute atomic E-state index is 0. The number of rotatable bonds is 3. The van der Waals surface area contributed by atoms with Gasteiger partial charge in [0.1, 0.15) is 0 Å². The second-order valence-corrected chi connectivity index (χ2v) is 2.71. The monoisotopic (exact) mass is 102 g/mol. The SMILES string of the molecule is CCCC[CH2][Na].[LiH]. The molecule has 0 aromatic heterocycles. The van der Waals surface area contributed by atoms with Crippen LogP contribution < -0.4 is 0 Å². The van der Waals surface area contributed by atoms with Crippen molar-refractivity contribution in [1.29, 1.82) is 0 Å². The first-order valence-corrected chi connectivity index (χ1v) is 4.33. The van der Waals surface area contributed by atoms with E-state index >= 15 is 0 Å². The topological polar surface area (TPSA) is 0 Å². The van der Waals surface area contributed by atoms with Gasteiger partial charge in [-0.15, -0.1) is 0 Å². The predicted molar refractivity (Wildman–Crippen MR) is 37.2 cm³/mol. The molecule has 0 aromatic rings. The Kier molecular flexibility index (Phi) is 17.2. The Bertz CT molecular complexity index is 20.0. The van der Waals surface area contributed by atoms with Gasteiger partial charge in [0, 0.05) is 0 Å². The average molecular weight is 102 g/mol. The molecular weight excluding hydrogens is 90.0 g/mol. The van der Waals surface area contributed by atoms with Gasteiger partial charge in [0.2, 0.25) is 0 Å². The molecule has 0 aliphatic rings. The van der Waals surface area contributed by atoms with Crippen LogP contribution in [0, 0.1) is 0 Å². The molecule has 0 aliphatic heterocycles. The van der Waals surface area contributed by atoms with E-state index in [2.05, 4.69) is 6.92 Å². The van der Waals surface area contributed by atoms with Crippen molar-refractivity contribution in [2.45, 2.75) is 29.9 Å². The Labute approximate surface area is 76.0 Å². The molecule has 0 nitrogen and oxygen atoms in total. The molecule has 0 aliphatic carbocycles. The summed E-state index contributed by atoms with van der Waals surface area (Å²) >= 11 is 1.40. The van der Waals surface area contributed by atoms with E-state index in [9.17, 15) is 0 Å². The summed E-state index contributed by atoms with van der Waals surface area (Å²) < 4.78 is 1.49. The van der Waals surface area contributed by atoms with Gasteiger partial charge in [-0.25, -0.2) is 0 Å². The van der Waals surface area contributed by atoms with Gasteiger partial charge in [-0.2, -0.15) is 0 Å². The van der Waals surface area contributed by atoms with Crippen LogP contribution in [-0.2, 0) is 0 Å². The summed E-state index contributed by atoms with van der Waals surface area (Å²) in [7, 11) is 0. The molecule has 0 saturated heterocycles. The summed E-state index contributed by atoms with van der Waals surface area (Å²) in [4.78, 5) is 0. The Balaban J connectivity index is 0. The molecule has 0 saturated carbocycles. The summed E-state index contributed by atoms with van der Waals surface area (Å²) in [6.45, 7) is 2.25. The molecule has 0 rings (SSSR count). The molecule has 0 unspecified atom stereocenters. The van der Waals surface area contributed by atoms with Crippen LogP contribution in [0.4, 0.5) is 0 Å². The normalized spacial score (nSPS) is 7.86. The van der Waals surface area contributed by atoms with Gasteiger partial charge in [-0.1, -0.05) is 0 Å². The van der Waals surface area contributed by atoms with Crippen LogP contribution in [0.1, 0.15) is 26.2 Å². The molecule has 2 heteroatoms. The predicted octanol–water partition coefficient (Wildman–Crippen LogP) is 1.11. The summed E-state index contributed by atoms with van der Waals surface area (Å²) in [6, 6.07) is 0. The molecule has 0 fully saturated rings. The summed E-state index contributed by atoms with van der Waals surface area (Å²) in [5, 5.41) is 0. The van der Waals surface area contributed by atoms with Gasteiger partial charge in [0.05, 0.1) is 0 Å². The van der Waals surface area contributed by atoms with Gasteiger partial charge in [-0.05, 0) is 0 Å². The second kappa shape index (κ2) is 10.6. The zero-order chi connectivity index (χ0) is 4.83. The van der Waals surface area contributed by atoms with Gasteiger partial charge in [0.25, 0.3) is 0 Å². The molecule has 0 radical (unpaired) electrons. The van der Waals surface area contributed by atoms with Crippen LogP contribution in [0.3, 0.4) is 0 Å². The molecule has 0 atom stereocenters. The summed E-state index contributed by atoms with van der Waals surface area (Å²) in [5.74, 6) is 0. The van der Waals surface area contributed by atoms with Gasteiger partial charge < -0.3 is 0 Å². The van der Waals surface area contributed by atoms with Gasteiger partial charge in [-0.3, -0.25) is 0 Å². The molecule has 0 spiro atoms. The first kappa shape index (κ1) is 11.4. The van der Waals surface area contributed by atoms with E-state index in [4.69, 9.17) is 0 Å². The zero-order valence-corrected chi connectivity index (χ0v) is 6.83. The van der Waals surface area contributed by atoms with E-state index in [1.807, 2.05) is 0 Å². The third kappa shape index (κ3) is 11.3. The standard InChI is InChI=1S/C5H11.Li.Na.H/c1-3-5-4-2;;;/h1,3-5H2,2H3;;;. The quantitative estimate of drug-likeness (QED) is 0.370. The van der Waals surface area contributed by atoms with E-state index in [1.165, 1.54) is 50.9 Å². The van der Waals surface area contributed by atoms with Crippen LogP contribution in [0.15, 0.2) is 0 Å². The van der Waals surface area contributed by atoms with Crippen LogP contribution in [0.2, 0.25) is 3.67 Å². The van der Waals surface area contributed by atoms with Crippen LogP contribution in [0.5, 0.6) is 0 Å². The number of hydrogen-bond donors (Lipinski definition) is 0. The third-order valence-electron chi connectivity index (χ3n) is 0.957. The van der Waals surface area contributed by atoms with Crippen LogP contribution >= 0.6 is 0 Å². The fraction of sp³-hybridized carbons (Fsp3) is 1.00. The molecule has 0 aromatic carbocycles. The number of hydrogen-bond acceptors (Lipinski definition) is 0. The van der Waals surface area contributed by atoms with E-state index in [0.717, 1.165) is 0 Å². The van der Waals surface area contributed by atoms with Crippen molar-refractivity contribution in [3.63, 3.8) is 0 Å². The number of unbranched alkanes of at least 4 members (excludes halogenated alkanes) is 2. The van der Waals surface area contributed by atoms with Crippen molar-refractivity contribution in [2.24, 2.45) is 0 Å². The van der Waals surface area contributed by atoms with E-state index in [0.29, 0.717) is 0 Å². The van der Waals surface area contributed by atoms with Crippen molar-refractivity contribution >= 4 is 46.8 Å². The fourth-order valence-corrected chi connectivity index (χ4v) is 1.000. The Hall–Kier alpha value is 1.60. The second-order valence-electron chi connectivity index (χ2n) is 1.71. The first-order chi connectivity index (χ1) is 2.91. The Morgan fingerprint density at radius 3 is 2.00 bits per heavy atom. The van der Waals surface area contributed by atoms with Crippen molar-refractivity contribution in [2.75, 3.05) is 0 Å². The average Bonchev–Trinajstić information content (AvgIpc) is 1.61. The maximum atomic E-state index is 2.25. The molecule has 34 valence electrons. The molecule has 0 bridgehead atoms. The molecule has 7 heavy (non-hydrogen) atoms. The summed E-state index contributed by atoms with van der Waals surface area (Å²) in [6.07, 6.45) is 4.30. The fourth-order valence-electron chi connectivity index (χ4n) is 0.500. The van der Waals surface area contributed by atoms with Crippen molar-refractivity contribution in [1.82, 2.24) is 0 Å². The third-order valence-corrected chi connectivity index (χ3v) is 1.66. The van der Waals surface area contributed by atoms with E-state index in [1.54, 1.807) is 0 Å². The van der Waals surface area contributed by atoms with Gasteiger partial charge >= 0.3 is 76.6 Å². The van der Waals surface area contributed by atoms with Crippen molar-refractivity contribution < 1.29 is 0 Å². The Morgan fingerprint density at radius 2 is 1.86 bits per heavy atom. The molecule has 0 N–H and O–H groups in total. The Morgan fingerprint density at radius 1 is 1.29 bits per heavy atom. The molecule has 0 heterocycles. The zero-order valence-electron chi connectivity index (χ0n) is 4.83. The van der Waals surface area contributed by atoms with Crippen molar-refractivity contribution in [3.05, 3.63) is 0 Å².